The van der Waals surface area contributed by atoms with E-state index >= 15 is 0 Å². The lowest BCUT2D eigenvalue weighted by atomic mass is 10.1. The number of ether oxygens (including phenoxy) is 3. The van der Waals surface area contributed by atoms with Gasteiger partial charge in [-0.15, -0.1) is 0 Å². The van der Waals surface area contributed by atoms with Crippen molar-refractivity contribution in [2.45, 2.75) is 59.3 Å². The Hall–Kier alpha value is -7.24. The molecule has 0 spiro atoms. The first-order valence-electron chi connectivity index (χ1n) is 23.9. The number of amides is 1. The number of aliphatic carboxylic acids is 1. The summed E-state index contributed by atoms with van der Waals surface area (Å²) in [5, 5.41) is 44.8. The van der Waals surface area contributed by atoms with Crippen molar-refractivity contribution in [3.05, 3.63) is 83.6 Å². The van der Waals surface area contributed by atoms with Gasteiger partial charge in [-0.25, -0.2) is 24.7 Å². The quantitative estimate of drug-likeness (QED) is 0.0467. The van der Waals surface area contributed by atoms with Gasteiger partial charge in [0, 0.05) is 75.6 Å². The van der Waals surface area contributed by atoms with Crippen LogP contribution < -0.4 is 35.6 Å². The minimum Gasteiger partial charge on any atom is -0.491 e. The lowest BCUT2D eigenvalue weighted by Crippen LogP contribution is -2.49. The monoisotopic (exact) mass is 992 g/mol. The number of likely N-dealkylation sites (N-methyl/N-ethyl adjacent to an activating group) is 2. The number of rotatable bonds is 24. The number of nitrogens with zero attached hydrogens (tertiary/aromatic N) is 9. The highest BCUT2D eigenvalue weighted by Gasteiger charge is 2.27. The molecule has 22 heteroatoms. The van der Waals surface area contributed by atoms with Gasteiger partial charge >= 0.3 is 12.1 Å². The smallest absolute Gasteiger partial charge is 0.409 e. The SMILES string of the molecule is CCNCC(O)COc1cccc(-c2nc(-c3c(C)noc3C)cc(N(CCCOC(=O)N3CCN(c4cc(-c5c(C)noc5C)nc(-c5cccc(OCC(O)CNC)c5)n4)CC3)CC(N)C(=O)O)n2)c1. The average Bonchev–Trinajstić information content (AvgIpc) is 3.91. The highest BCUT2D eigenvalue weighted by atomic mass is 16.6. The molecule has 0 saturated carbocycles. The van der Waals surface area contributed by atoms with Crippen LogP contribution in [0, 0.1) is 27.7 Å². The summed E-state index contributed by atoms with van der Waals surface area (Å²) >= 11 is 0. The summed E-state index contributed by atoms with van der Waals surface area (Å²) in [5.41, 5.74) is 11.3. The number of benzene rings is 2. The van der Waals surface area contributed by atoms with Crippen LogP contribution in [-0.4, -0.2) is 167 Å². The fraction of sp³-hybridized carbons (Fsp3) is 0.440. The second kappa shape index (κ2) is 24.7. The van der Waals surface area contributed by atoms with Crippen molar-refractivity contribution >= 4 is 23.7 Å². The molecule has 1 saturated heterocycles. The minimum atomic E-state index is -1.27. The van der Waals surface area contributed by atoms with Gasteiger partial charge in [0.05, 0.1) is 40.5 Å². The summed E-state index contributed by atoms with van der Waals surface area (Å²) in [6.07, 6.45) is -1.57. The molecule has 1 amide bonds. The lowest BCUT2D eigenvalue weighted by molar-refractivity contribution is -0.138. The number of hydrogen-bond acceptors (Lipinski definition) is 20. The van der Waals surface area contributed by atoms with E-state index in [1.165, 1.54) is 0 Å². The zero-order valence-corrected chi connectivity index (χ0v) is 41.5. The molecule has 7 rings (SSSR count). The van der Waals surface area contributed by atoms with Crippen LogP contribution in [0.5, 0.6) is 11.5 Å². The summed E-state index contributed by atoms with van der Waals surface area (Å²) in [4.78, 5) is 50.8. The molecule has 0 bridgehead atoms. The van der Waals surface area contributed by atoms with Crippen LogP contribution in [0.15, 0.2) is 69.7 Å². The summed E-state index contributed by atoms with van der Waals surface area (Å²) in [7, 11) is 1.76. The van der Waals surface area contributed by atoms with Crippen molar-refractivity contribution < 1.29 is 48.2 Å². The fourth-order valence-corrected chi connectivity index (χ4v) is 8.14. The number of carboxylic acids is 1. The number of nitrogens with one attached hydrogen (secondary N) is 2. The van der Waals surface area contributed by atoms with Crippen LogP contribution >= 0.6 is 0 Å². The Bertz CT molecular complexity index is 2720. The van der Waals surface area contributed by atoms with E-state index in [-0.39, 0.29) is 32.9 Å². The number of aliphatic hydroxyl groups excluding tert-OH is 2. The van der Waals surface area contributed by atoms with Crippen LogP contribution in [0.4, 0.5) is 16.4 Å². The Morgan fingerprint density at radius 1 is 0.792 bits per heavy atom. The first-order valence-corrected chi connectivity index (χ1v) is 23.9. The van der Waals surface area contributed by atoms with Gasteiger partial charge in [0.15, 0.2) is 11.6 Å². The number of piperazine rings is 1. The number of carbonyl (C=O) groups is 2. The second-order valence-corrected chi connectivity index (χ2v) is 17.5. The molecular weight excluding hydrogens is 929 g/mol. The van der Waals surface area contributed by atoms with Crippen LogP contribution in [0.1, 0.15) is 36.3 Å². The van der Waals surface area contributed by atoms with Gasteiger partial charge < -0.3 is 69.6 Å². The van der Waals surface area contributed by atoms with Crippen molar-refractivity contribution in [2.75, 3.05) is 95.6 Å². The number of carboxylic acid groups (broad SMARTS) is 1. The second-order valence-electron chi connectivity index (χ2n) is 17.5. The van der Waals surface area contributed by atoms with E-state index in [2.05, 4.69) is 25.8 Å². The normalized spacial score (nSPS) is 14.0. The van der Waals surface area contributed by atoms with Gasteiger partial charge in [-0.05, 0) is 72.0 Å². The molecule has 6 aromatic rings. The number of carbonyl (C=O) groups excluding carboxylic acids is 1. The van der Waals surface area contributed by atoms with Crippen molar-refractivity contribution in [1.29, 1.82) is 0 Å². The highest BCUT2D eigenvalue weighted by Crippen LogP contribution is 2.34. The number of aliphatic hydroxyl groups is 2. The molecular formula is C50H64N12O10. The summed E-state index contributed by atoms with van der Waals surface area (Å²) in [5.74, 6) is 2.81. The molecule has 1 aliphatic heterocycles. The lowest BCUT2D eigenvalue weighted by Gasteiger charge is -2.35. The number of aryl methyl sites for hydroxylation is 4. The standard InChI is InChI=1S/C50H64N12O10/c1-7-53-26-37(64)29-70-39-14-9-12-35(22-39)48-55-42(46-31(3)59-72-33(46)5)24-44(57-48)62(27-40(51)49(65)66)15-10-20-68-50(67)61-18-16-60(17-19-61)43-23-41(45-30(2)58-71-32(45)4)54-47(56-43)34-11-8-13-38(21-34)69-28-36(63)25-52-6/h8-9,11-14,21-24,36-37,40,52-53,63-64H,7,10,15-20,25-29,51H2,1-6H3,(H,65,66). The third kappa shape index (κ3) is 13.6. The first kappa shape index (κ1) is 52.6. The van der Waals surface area contributed by atoms with E-state index in [4.69, 9.17) is 48.9 Å². The fourth-order valence-electron chi connectivity index (χ4n) is 8.14. The van der Waals surface area contributed by atoms with E-state index in [1.54, 1.807) is 55.0 Å². The van der Waals surface area contributed by atoms with Gasteiger partial charge in [-0.3, -0.25) is 4.79 Å². The molecule has 1 fully saturated rings. The van der Waals surface area contributed by atoms with E-state index < -0.39 is 30.3 Å². The van der Waals surface area contributed by atoms with Crippen molar-refractivity contribution in [3.63, 3.8) is 0 Å². The van der Waals surface area contributed by atoms with E-state index in [0.717, 1.165) is 5.56 Å². The molecule has 2 aromatic carbocycles. The van der Waals surface area contributed by atoms with Gasteiger partial charge in [-0.1, -0.05) is 41.5 Å². The van der Waals surface area contributed by atoms with Crippen LogP contribution in [0.3, 0.4) is 0 Å². The molecule has 5 heterocycles. The van der Waals surface area contributed by atoms with E-state index in [9.17, 15) is 24.9 Å². The van der Waals surface area contributed by atoms with Gasteiger partial charge in [0.2, 0.25) is 0 Å². The summed E-state index contributed by atoms with van der Waals surface area (Å²) < 4.78 is 28.6. The maximum Gasteiger partial charge on any atom is 0.409 e. The Labute approximate surface area is 417 Å². The predicted octanol–water partition coefficient (Wildman–Crippen LogP) is 4.02. The Kier molecular flexibility index (Phi) is 18.1. The largest absolute Gasteiger partial charge is 0.491 e. The van der Waals surface area contributed by atoms with Gasteiger partial charge in [0.1, 0.15) is 66.1 Å². The van der Waals surface area contributed by atoms with E-state index in [0.29, 0.717) is 138 Å². The van der Waals surface area contributed by atoms with E-state index in [1.807, 2.05) is 57.2 Å². The molecule has 72 heavy (non-hydrogen) atoms. The first-order chi connectivity index (χ1) is 34.7. The maximum absolute atomic E-state index is 13.5. The average molecular weight is 993 g/mol. The number of aromatic nitrogens is 6. The summed E-state index contributed by atoms with van der Waals surface area (Å²) in [6.45, 7) is 12.6. The van der Waals surface area contributed by atoms with Gasteiger partial charge in [-0.2, -0.15) is 0 Å². The molecule has 3 atom stereocenters. The predicted molar refractivity (Wildman–Crippen MR) is 268 cm³/mol. The van der Waals surface area contributed by atoms with Crippen molar-refractivity contribution in [1.82, 2.24) is 45.8 Å². The maximum atomic E-state index is 13.5. The number of anilines is 2. The molecule has 4 aromatic heterocycles. The molecule has 1 aliphatic rings. The number of hydrogen-bond donors (Lipinski definition) is 6. The number of nitrogens with two attached hydrogens (primary N) is 1. The molecule has 7 N–H and O–H groups in total. The van der Waals surface area contributed by atoms with Crippen LogP contribution in [0.2, 0.25) is 0 Å². The third-order valence-corrected chi connectivity index (χ3v) is 11.9. The van der Waals surface area contributed by atoms with Crippen molar-refractivity contribution in [3.8, 4) is 56.8 Å². The molecule has 0 radical (unpaired) electrons. The summed E-state index contributed by atoms with van der Waals surface area (Å²) in [6, 6.07) is 16.9. The zero-order valence-electron chi connectivity index (χ0n) is 41.5. The molecule has 0 aliphatic carbocycles. The topological polar surface area (TPSA) is 286 Å². The van der Waals surface area contributed by atoms with Gasteiger partial charge in [0.25, 0.3) is 0 Å². The van der Waals surface area contributed by atoms with Crippen LogP contribution in [0.25, 0.3) is 45.3 Å². The van der Waals surface area contributed by atoms with Crippen molar-refractivity contribution in [2.24, 2.45) is 5.73 Å². The zero-order chi connectivity index (χ0) is 51.3. The third-order valence-electron chi connectivity index (χ3n) is 11.9. The molecule has 3 unspecified atom stereocenters. The Morgan fingerprint density at radius 2 is 1.36 bits per heavy atom. The molecule has 384 valence electrons. The highest BCUT2D eigenvalue weighted by molar-refractivity contribution is 5.75. The Balaban J connectivity index is 1.04. The minimum absolute atomic E-state index is 0.0266. The Morgan fingerprint density at radius 3 is 1.90 bits per heavy atom. The molecule has 22 nitrogen and oxygen atoms in total. The van der Waals surface area contributed by atoms with Crippen LogP contribution in [-0.2, 0) is 9.53 Å².